The number of likely N-dealkylation sites (tertiary alicyclic amines) is 1. The number of hydrogen-bond donors (Lipinski definition) is 0. The molecular formula is C21H20BrN3O2. The van der Waals surface area contributed by atoms with Gasteiger partial charge in [-0.25, -0.2) is 0 Å². The van der Waals surface area contributed by atoms with Crippen LogP contribution in [0.5, 0.6) is 0 Å². The topological polar surface area (TPSA) is 59.2 Å². The van der Waals surface area contributed by atoms with Crippen LogP contribution in [0, 0.1) is 0 Å². The molecule has 5 nitrogen and oxygen atoms in total. The lowest BCUT2D eigenvalue weighted by atomic mass is 9.96. The predicted molar refractivity (Wildman–Crippen MR) is 106 cm³/mol. The van der Waals surface area contributed by atoms with Gasteiger partial charge in [-0.2, -0.15) is 4.98 Å². The number of aromatic nitrogens is 2. The van der Waals surface area contributed by atoms with Crippen molar-refractivity contribution in [1.29, 1.82) is 0 Å². The van der Waals surface area contributed by atoms with Crippen molar-refractivity contribution < 1.29 is 9.32 Å². The molecule has 138 valence electrons. The van der Waals surface area contributed by atoms with Crippen LogP contribution in [0.3, 0.4) is 0 Å². The molecule has 0 saturated carbocycles. The van der Waals surface area contributed by atoms with Crippen LogP contribution < -0.4 is 0 Å². The molecule has 3 aromatic rings. The number of amides is 1. The van der Waals surface area contributed by atoms with Crippen molar-refractivity contribution in [3.8, 4) is 11.4 Å². The van der Waals surface area contributed by atoms with Gasteiger partial charge in [0.05, 0.1) is 6.42 Å². The van der Waals surface area contributed by atoms with Crippen molar-refractivity contribution in [2.45, 2.75) is 25.2 Å². The van der Waals surface area contributed by atoms with Gasteiger partial charge in [0.2, 0.25) is 17.6 Å². The lowest BCUT2D eigenvalue weighted by Gasteiger charge is -2.30. The zero-order chi connectivity index (χ0) is 18.6. The van der Waals surface area contributed by atoms with E-state index in [1.54, 1.807) is 0 Å². The fourth-order valence-corrected chi connectivity index (χ4v) is 3.82. The molecule has 1 saturated heterocycles. The van der Waals surface area contributed by atoms with Gasteiger partial charge in [-0.15, -0.1) is 0 Å². The molecule has 0 unspecified atom stereocenters. The molecule has 0 bridgehead atoms. The van der Waals surface area contributed by atoms with Gasteiger partial charge in [0, 0.05) is 29.0 Å². The zero-order valence-electron chi connectivity index (χ0n) is 14.8. The van der Waals surface area contributed by atoms with Crippen LogP contribution in [0.4, 0.5) is 0 Å². The highest BCUT2D eigenvalue weighted by molar-refractivity contribution is 9.10. The van der Waals surface area contributed by atoms with Crippen LogP contribution in [0.1, 0.15) is 30.2 Å². The monoisotopic (exact) mass is 425 g/mol. The maximum Gasteiger partial charge on any atom is 0.230 e. The highest BCUT2D eigenvalue weighted by atomic mass is 79.9. The molecule has 1 amide bonds. The summed E-state index contributed by atoms with van der Waals surface area (Å²) in [5.41, 5.74) is 1.97. The zero-order valence-corrected chi connectivity index (χ0v) is 16.4. The summed E-state index contributed by atoms with van der Waals surface area (Å²) >= 11 is 3.51. The van der Waals surface area contributed by atoms with Crippen LogP contribution in [0.15, 0.2) is 63.6 Å². The average molecular weight is 426 g/mol. The van der Waals surface area contributed by atoms with Gasteiger partial charge in [0.1, 0.15) is 0 Å². The minimum atomic E-state index is 0.163. The summed E-state index contributed by atoms with van der Waals surface area (Å²) in [6.07, 6.45) is 2.11. The fraction of sp³-hybridized carbons (Fsp3) is 0.286. The molecule has 1 aliphatic heterocycles. The van der Waals surface area contributed by atoms with Gasteiger partial charge < -0.3 is 9.42 Å². The molecule has 1 fully saturated rings. The quantitative estimate of drug-likeness (QED) is 0.619. The summed E-state index contributed by atoms with van der Waals surface area (Å²) in [6, 6.07) is 17.7. The Balaban J connectivity index is 1.36. The number of piperidine rings is 1. The van der Waals surface area contributed by atoms with E-state index in [-0.39, 0.29) is 11.8 Å². The largest absolute Gasteiger partial charge is 0.342 e. The van der Waals surface area contributed by atoms with E-state index in [0.717, 1.165) is 41.5 Å². The Bertz CT molecular complexity index is 918. The van der Waals surface area contributed by atoms with Crippen molar-refractivity contribution >= 4 is 21.8 Å². The Hall–Kier alpha value is -2.47. The normalized spacial score (nSPS) is 15.1. The summed E-state index contributed by atoms with van der Waals surface area (Å²) in [5.74, 6) is 1.67. The first kappa shape index (κ1) is 17.9. The van der Waals surface area contributed by atoms with E-state index in [4.69, 9.17) is 4.52 Å². The standard InChI is InChI=1S/C21H20BrN3O2/c22-18-9-5-4-8-17(18)14-19(26)25-12-10-16(11-13-25)21-23-20(24-27-21)15-6-2-1-3-7-15/h1-9,16H,10-14H2. The highest BCUT2D eigenvalue weighted by Gasteiger charge is 2.27. The highest BCUT2D eigenvalue weighted by Crippen LogP contribution is 2.29. The molecule has 0 N–H and O–H groups in total. The fourth-order valence-electron chi connectivity index (χ4n) is 3.40. The second kappa shape index (κ2) is 8.05. The van der Waals surface area contributed by atoms with Crippen molar-refractivity contribution in [2.75, 3.05) is 13.1 Å². The van der Waals surface area contributed by atoms with Crippen LogP contribution in [0.2, 0.25) is 0 Å². The first-order valence-electron chi connectivity index (χ1n) is 9.11. The number of benzene rings is 2. The van der Waals surface area contributed by atoms with E-state index in [1.807, 2.05) is 59.5 Å². The summed E-state index contributed by atoms with van der Waals surface area (Å²) in [6.45, 7) is 1.44. The third kappa shape index (κ3) is 4.11. The first-order chi connectivity index (χ1) is 13.2. The molecule has 0 spiro atoms. The number of nitrogens with zero attached hydrogens (tertiary/aromatic N) is 3. The van der Waals surface area contributed by atoms with E-state index in [1.165, 1.54) is 0 Å². The lowest BCUT2D eigenvalue weighted by Crippen LogP contribution is -2.38. The van der Waals surface area contributed by atoms with E-state index < -0.39 is 0 Å². The lowest BCUT2D eigenvalue weighted by molar-refractivity contribution is -0.131. The Morgan fingerprint density at radius 2 is 1.78 bits per heavy atom. The maximum absolute atomic E-state index is 12.6. The second-order valence-corrected chi connectivity index (χ2v) is 7.60. The van der Waals surface area contributed by atoms with Gasteiger partial charge in [-0.1, -0.05) is 69.6 Å². The van der Waals surface area contributed by atoms with Crippen molar-refractivity contribution in [1.82, 2.24) is 15.0 Å². The Morgan fingerprint density at radius 1 is 1.07 bits per heavy atom. The summed E-state index contributed by atoms with van der Waals surface area (Å²) in [7, 11) is 0. The number of hydrogen-bond acceptors (Lipinski definition) is 4. The predicted octanol–water partition coefficient (Wildman–Crippen LogP) is 4.45. The number of carbonyl (C=O) groups excluding carboxylic acids is 1. The SMILES string of the molecule is O=C(Cc1ccccc1Br)N1CCC(c2nc(-c3ccccc3)no2)CC1. The average Bonchev–Trinajstić information content (AvgIpc) is 3.21. The van der Waals surface area contributed by atoms with E-state index in [2.05, 4.69) is 26.1 Å². The van der Waals surface area contributed by atoms with Gasteiger partial charge in [0.25, 0.3) is 0 Å². The minimum absolute atomic E-state index is 0.163. The summed E-state index contributed by atoms with van der Waals surface area (Å²) in [5, 5.41) is 4.11. The molecular weight excluding hydrogens is 406 g/mol. The molecule has 0 aliphatic carbocycles. The molecule has 6 heteroatoms. The van der Waals surface area contributed by atoms with Crippen molar-refractivity contribution in [3.05, 3.63) is 70.5 Å². The molecule has 2 aromatic carbocycles. The number of carbonyl (C=O) groups is 1. The Morgan fingerprint density at radius 3 is 2.52 bits per heavy atom. The molecule has 1 aliphatic rings. The molecule has 0 atom stereocenters. The maximum atomic E-state index is 12.6. The molecule has 0 radical (unpaired) electrons. The molecule has 4 rings (SSSR count). The van der Waals surface area contributed by atoms with Gasteiger partial charge in [-0.05, 0) is 24.5 Å². The first-order valence-corrected chi connectivity index (χ1v) is 9.90. The van der Waals surface area contributed by atoms with E-state index in [0.29, 0.717) is 18.1 Å². The van der Waals surface area contributed by atoms with E-state index >= 15 is 0 Å². The van der Waals surface area contributed by atoms with Gasteiger partial charge >= 0.3 is 0 Å². The van der Waals surface area contributed by atoms with Crippen molar-refractivity contribution in [2.24, 2.45) is 0 Å². The smallest absolute Gasteiger partial charge is 0.230 e. The van der Waals surface area contributed by atoms with Crippen molar-refractivity contribution in [3.63, 3.8) is 0 Å². The second-order valence-electron chi connectivity index (χ2n) is 6.75. The Labute approximate surface area is 166 Å². The summed E-state index contributed by atoms with van der Waals surface area (Å²) in [4.78, 5) is 19.1. The number of rotatable bonds is 4. The van der Waals surface area contributed by atoms with Crippen LogP contribution in [-0.4, -0.2) is 34.0 Å². The third-order valence-corrected chi connectivity index (χ3v) is 5.74. The Kier molecular flexibility index (Phi) is 5.34. The van der Waals surface area contributed by atoms with Gasteiger partial charge in [-0.3, -0.25) is 4.79 Å². The van der Waals surface area contributed by atoms with Crippen LogP contribution in [0.25, 0.3) is 11.4 Å². The van der Waals surface area contributed by atoms with Crippen LogP contribution >= 0.6 is 15.9 Å². The van der Waals surface area contributed by atoms with Gasteiger partial charge in [0.15, 0.2) is 0 Å². The van der Waals surface area contributed by atoms with E-state index in [9.17, 15) is 4.79 Å². The number of halogens is 1. The molecule has 2 heterocycles. The molecule has 1 aromatic heterocycles. The van der Waals surface area contributed by atoms with Crippen LogP contribution in [-0.2, 0) is 11.2 Å². The summed E-state index contributed by atoms with van der Waals surface area (Å²) < 4.78 is 6.47. The molecule has 27 heavy (non-hydrogen) atoms. The minimum Gasteiger partial charge on any atom is -0.342 e. The third-order valence-electron chi connectivity index (χ3n) is 4.97.